The molecule has 1 heterocycles. The summed E-state index contributed by atoms with van der Waals surface area (Å²) in [5.74, 6) is -0.872. The molecule has 2 aromatic rings. The smallest absolute Gasteiger partial charge is 0.295 e. The van der Waals surface area contributed by atoms with Gasteiger partial charge in [0.1, 0.15) is 11.5 Å². The van der Waals surface area contributed by atoms with Gasteiger partial charge in [0.05, 0.1) is 24.3 Å². The lowest BCUT2D eigenvalue weighted by atomic mass is 9.94. The molecular weight excluding hydrogens is 382 g/mol. The Hall–Kier alpha value is -3.12. The van der Waals surface area contributed by atoms with Gasteiger partial charge in [0.25, 0.3) is 11.7 Å². The van der Waals surface area contributed by atoms with Crippen molar-refractivity contribution in [2.45, 2.75) is 32.9 Å². The highest BCUT2D eigenvalue weighted by atomic mass is 16.5. The third-order valence-corrected chi connectivity index (χ3v) is 4.97. The van der Waals surface area contributed by atoms with Gasteiger partial charge in [0.2, 0.25) is 0 Å². The number of Topliss-reactive ketones (excluding diaryl/α,β-unsaturated/α-hetero) is 1. The van der Waals surface area contributed by atoms with Crippen LogP contribution in [0.3, 0.4) is 0 Å². The fourth-order valence-electron chi connectivity index (χ4n) is 3.51. The number of hydrogen-bond donors (Lipinski definition) is 1. The van der Waals surface area contributed by atoms with E-state index in [0.29, 0.717) is 11.3 Å². The normalized spacial score (nSPS) is 18.3. The number of hydrogen-bond acceptors (Lipinski definition) is 5. The van der Waals surface area contributed by atoms with Gasteiger partial charge < -0.3 is 19.5 Å². The van der Waals surface area contributed by atoms with Crippen molar-refractivity contribution in [1.82, 2.24) is 4.90 Å². The third kappa shape index (κ3) is 4.39. The molecule has 0 saturated carbocycles. The van der Waals surface area contributed by atoms with E-state index in [0.717, 1.165) is 11.1 Å². The lowest BCUT2D eigenvalue weighted by Gasteiger charge is -2.25. The maximum atomic E-state index is 12.9. The van der Waals surface area contributed by atoms with E-state index < -0.39 is 17.7 Å². The average Bonchev–Trinajstić information content (AvgIpc) is 2.97. The summed E-state index contributed by atoms with van der Waals surface area (Å²) in [6.45, 7) is 6.36. The first kappa shape index (κ1) is 21.6. The summed E-state index contributed by atoms with van der Waals surface area (Å²) in [7, 11) is 1.54. The molecule has 6 nitrogen and oxygen atoms in total. The van der Waals surface area contributed by atoms with Crippen molar-refractivity contribution in [1.29, 1.82) is 0 Å². The minimum Gasteiger partial charge on any atom is -0.507 e. The molecule has 30 heavy (non-hydrogen) atoms. The zero-order valence-corrected chi connectivity index (χ0v) is 17.7. The van der Waals surface area contributed by atoms with Gasteiger partial charge in [-0.2, -0.15) is 0 Å². The Morgan fingerprint density at radius 1 is 1.07 bits per heavy atom. The third-order valence-electron chi connectivity index (χ3n) is 4.97. The van der Waals surface area contributed by atoms with Crippen molar-refractivity contribution >= 4 is 17.4 Å². The molecule has 3 rings (SSSR count). The largest absolute Gasteiger partial charge is 0.507 e. The van der Waals surface area contributed by atoms with E-state index in [1.54, 1.807) is 24.3 Å². The van der Waals surface area contributed by atoms with E-state index in [4.69, 9.17) is 9.47 Å². The second-order valence-electron chi connectivity index (χ2n) is 7.59. The summed E-state index contributed by atoms with van der Waals surface area (Å²) in [6.07, 6.45) is 0.0251. The van der Waals surface area contributed by atoms with Gasteiger partial charge in [-0.1, -0.05) is 29.8 Å². The van der Waals surface area contributed by atoms with Crippen molar-refractivity contribution in [2.75, 3.05) is 20.3 Å². The second-order valence-corrected chi connectivity index (χ2v) is 7.59. The number of aliphatic hydroxyl groups excluding tert-OH is 1. The van der Waals surface area contributed by atoms with Crippen molar-refractivity contribution in [2.24, 2.45) is 0 Å². The Kier molecular flexibility index (Phi) is 6.57. The topological polar surface area (TPSA) is 76.1 Å². The lowest BCUT2D eigenvalue weighted by molar-refractivity contribution is -0.140. The van der Waals surface area contributed by atoms with E-state index in [1.807, 2.05) is 45.0 Å². The van der Waals surface area contributed by atoms with Crippen LogP contribution in [0.25, 0.3) is 5.76 Å². The number of aliphatic hydroxyl groups is 1. The molecule has 1 aliphatic rings. The van der Waals surface area contributed by atoms with Crippen LogP contribution in [0.4, 0.5) is 0 Å². The summed E-state index contributed by atoms with van der Waals surface area (Å²) in [6, 6.07) is 13.7. The summed E-state index contributed by atoms with van der Waals surface area (Å²) in [5.41, 5.74) is 2.36. The van der Waals surface area contributed by atoms with Gasteiger partial charge in [0, 0.05) is 19.2 Å². The standard InChI is InChI=1S/C24H27NO5/c1-15(2)30-19-11-9-18(10-12-19)22(26)20-21(17-7-5-16(3)6-8-17)25(13-14-29-4)24(28)23(20)27/h5-12,15,21,26H,13-14H2,1-4H3. The molecule has 1 saturated heterocycles. The molecule has 1 N–H and O–H groups in total. The number of methoxy groups -OCH3 is 1. The number of likely N-dealkylation sites (tertiary alicyclic amines) is 1. The van der Waals surface area contributed by atoms with Gasteiger partial charge >= 0.3 is 0 Å². The van der Waals surface area contributed by atoms with Crippen LogP contribution < -0.4 is 4.74 Å². The Balaban J connectivity index is 2.07. The fraction of sp³-hybridized carbons (Fsp3) is 0.333. The quantitative estimate of drug-likeness (QED) is 0.427. The molecule has 1 aliphatic heterocycles. The Morgan fingerprint density at radius 3 is 2.27 bits per heavy atom. The fourth-order valence-corrected chi connectivity index (χ4v) is 3.51. The Morgan fingerprint density at radius 2 is 1.70 bits per heavy atom. The Labute approximate surface area is 176 Å². The van der Waals surface area contributed by atoms with Gasteiger partial charge in [-0.05, 0) is 50.6 Å². The first-order valence-corrected chi connectivity index (χ1v) is 9.94. The predicted octanol–water partition coefficient (Wildman–Crippen LogP) is 3.85. The lowest BCUT2D eigenvalue weighted by Crippen LogP contribution is -2.32. The van der Waals surface area contributed by atoms with Gasteiger partial charge in [-0.15, -0.1) is 0 Å². The molecule has 0 radical (unpaired) electrons. The van der Waals surface area contributed by atoms with E-state index in [9.17, 15) is 14.7 Å². The average molecular weight is 409 g/mol. The van der Waals surface area contributed by atoms with Crippen molar-refractivity contribution < 1.29 is 24.2 Å². The number of carbonyl (C=O) groups is 2. The van der Waals surface area contributed by atoms with Crippen LogP contribution in [0, 0.1) is 6.92 Å². The van der Waals surface area contributed by atoms with Gasteiger partial charge in [-0.3, -0.25) is 9.59 Å². The number of nitrogens with zero attached hydrogens (tertiary/aromatic N) is 1. The number of ketones is 1. The van der Waals surface area contributed by atoms with Crippen LogP contribution in [0.5, 0.6) is 5.75 Å². The zero-order chi connectivity index (χ0) is 21.8. The van der Waals surface area contributed by atoms with Crippen LogP contribution >= 0.6 is 0 Å². The Bertz CT molecular complexity index is 945. The van der Waals surface area contributed by atoms with E-state index in [-0.39, 0.29) is 30.6 Å². The molecule has 0 aliphatic carbocycles. The number of benzene rings is 2. The number of carbonyl (C=O) groups excluding carboxylic acids is 2. The van der Waals surface area contributed by atoms with Crippen molar-refractivity contribution in [3.8, 4) is 5.75 Å². The van der Waals surface area contributed by atoms with Crippen LogP contribution in [-0.4, -0.2) is 48.1 Å². The zero-order valence-electron chi connectivity index (χ0n) is 17.7. The highest BCUT2D eigenvalue weighted by Gasteiger charge is 2.45. The number of aryl methyl sites for hydroxylation is 1. The minimum absolute atomic E-state index is 0.0251. The molecule has 158 valence electrons. The minimum atomic E-state index is -0.698. The SMILES string of the molecule is COCCN1C(=O)C(=O)C(=C(O)c2ccc(OC(C)C)cc2)C1c1ccc(C)cc1. The molecule has 1 atom stereocenters. The van der Waals surface area contributed by atoms with E-state index in [1.165, 1.54) is 12.0 Å². The molecule has 1 amide bonds. The molecule has 0 bridgehead atoms. The van der Waals surface area contributed by atoms with Crippen LogP contribution in [0.15, 0.2) is 54.1 Å². The second kappa shape index (κ2) is 9.13. The summed E-state index contributed by atoms with van der Waals surface area (Å²) in [5, 5.41) is 11.0. The van der Waals surface area contributed by atoms with E-state index in [2.05, 4.69) is 0 Å². The summed E-state index contributed by atoms with van der Waals surface area (Å²) >= 11 is 0. The molecular formula is C24H27NO5. The first-order chi connectivity index (χ1) is 14.3. The monoisotopic (exact) mass is 409 g/mol. The maximum absolute atomic E-state index is 12.9. The highest BCUT2D eigenvalue weighted by Crippen LogP contribution is 2.39. The molecule has 1 fully saturated rings. The van der Waals surface area contributed by atoms with Crippen LogP contribution in [0.2, 0.25) is 0 Å². The molecule has 2 aromatic carbocycles. The van der Waals surface area contributed by atoms with E-state index >= 15 is 0 Å². The molecule has 0 aromatic heterocycles. The summed E-state index contributed by atoms with van der Waals surface area (Å²) in [4.78, 5) is 27.1. The van der Waals surface area contributed by atoms with Crippen molar-refractivity contribution in [3.63, 3.8) is 0 Å². The van der Waals surface area contributed by atoms with Crippen molar-refractivity contribution in [3.05, 3.63) is 70.8 Å². The number of rotatable bonds is 7. The predicted molar refractivity (Wildman–Crippen MR) is 114 cm³/mol. The van der Waals surface area contributed by atoms with Gasteiger partial charge in [-0.25, -0.2) is 0 Å². The molecule has 0 spiro atoms. The first-order valence-electron chi connectivity index (χ1n) is 9.94. The summed E-state index contributed by atoms with van der Waals surface area (Å²) < 4.78 is 10.8. The molecule has 6 heteroatoms. The van der Waals surface area contributed by atoms with Gasteiger partial charge in [0.15, 0.2) is 0 Å². The van der Waals surface area contributed by atoms with Crippen LogP contribution in [-0.2, 0) is 14.3 Å². The number of ether oxygens (including phenoxy) is 2. The molecule has 1 unspecified atom stereocenters. The number of amides is 1. The highest BCUT2D eigenvalue weighted by molar-refractivity contribution is 6.46. The van der Waals surface area contributed by atoms with Crippen LogP contribution in [0.1, 0.15) is 36.6 Å². The maximum Gasteiger partial charge on any atom is 0.295 e.